The Morgan fingerprint density at radius 2 is 2.14 bits per heavy atom. The Hall–Kier alpha value is -2.38. The van der Waals surface area contributed by atoms with Gasteiger partial charge in [-0.1, -0.05) is 34.1 Å². The van der Waals surface area contributed by atoms with E-state index in [1.165, 1.54) is 0 Å². The fourth-order valence-corrected chi connectivity index (χ4v) is 4.20. The number of aromatic nitrogens is 2. The van der Waals surface area contributed by atoms with Gasteiger partial charge in [-0.05, 0) is 25.1 Å². The molecule has 7 heteroatoms. The minimum absolute atomic E-state index is 0.0723. The summed E-state index contributed by atoms with van der Waals surface area (Å²) in [5, 5.41) is 1.14. The van der Waals surface area contributed by atoms with Crippen LogP contribution in [0.3, 0.4) is 0 Å². The van der Waals surface area contributed by atoms with Gasteiger partial charge in [0.15, 0.2) is 0 Å². The molecule has 1 aromatic carbocycles. The maximum absolute atomic E-state index is 11.9. The first-order valence-corrected chi connectivity index (χ1v) is 10.6. The molecule has 1 fully saturated rings. The number of alkyl halides is 1. The Morgan fingerprint density at radius 1 is 1.28 bits per heavy atom. The minimum atomic E-state index is -0.255. The van der Waals surface area contributed by atoms with Crippen LogP contribution in [0.15, 0.2) is 48.8 Å². The van der Waals surface area contributed by atoms with E-state index in [9.17, 15) is 4.79 Å². The summed E-state index contributed by atoms with van der Waals surface area (Å²) in [4.78, 5) is 16.5. The Labute approximate surface area is 177 Å². The van der Waals surface area contributed by atoms with Gasteiger partial charge in [0.05, 0.1) is 25.7 Å². The Kier molecular flexibility index (Phi) is 6.16. The highest BCUT2D eigenvalue weighted by Crippen LogP contribution is 2.32. The number of esters is 1. The number of hydrogen-bond acceptors (Lipinski definition) is 5. The zero-order chi connectivity index (χ0) is 20.2. The molecule has 3 aromatic rings. The molecule has 2 atom stereocenters. The molecule has 0 aliphatic carbocycles. The Bertz CT molecular complexity index is 1000. The smallest absolute Gasteiger partial charge is 0.310 e. The molecular weight excluding hydrogens is 436 g/mol. The van der Waals surface area contributed by atoms with Gasteiger partial charge in [0, 0.05) is 35.3 Å². The van der Waals surface area contributed by atoms with Crippen LogP contribution in [0.25, 0.3) is 11.0 Å². The number of para-hydroxylation sites is 1. The van der Waals surface area contributed by atoms with Gasteiger partial charge in [-0.2, -0.15) is 0 Å². The van der Waals surface area contributed by atoms with Gasteiger partial charge in [0.25, 0.3) is 0 Å². The van der Waals surface area contributed by atoms with Crippen molar-refractivity contribution < 1.29 is 19.0 Å². The van der Waals surface area contributed by atoms with Crippen molar-refractivity contribution in [3.05, 3.63) is 59.9 Å². The number of nitrogens with zero attached hydrogens (tertiary/aromatic N) is 2. The highest BCUT2D eigenvalue weighted by molar-refractivity contribution is 9.09. The second kappa shape index (κ2) is 8.97. The number of halogens is 1. The predicted octanol–water partition coefficient (Wildman–Crippen LogP) is 4.40. The maximum Gasteiger partial charge on any atom is 0.310 e. The lowest BCUT2D eigenvalue weighted by molar-refractivity contribution is -0.142. The molecule has 1 saturated heterocycles. The van der Waals surface area contributed by atoms with Crippen molar-refractivity contribution in [3.8, 4) is 5.75 Å². The van der Waals surface area contributed by atoms with Gasteiger partial charge < -0.3 is 18.8 Å². The number of fused-ring (bicyclic) bond motifs is 1. The molecule has 2 unspecified atom stereocenters. The molecule has 0 saturated carbocycles. The summed E-state index contributed by atoms with van der Waals surface area (Å²) in [5.74, 6) is 0.435. The van der Waals surface area contributed by atoms with E-state index < -0.39 is 0 Å². The summed E-state index contributed by atoms with van der Waals surface area (Å²) in [6.45, 7) is 3.21. The largest absolute Gasteiger partial charge is 0.489 e. The molecule has 1 aliphatic heterocycles. The van der Waals surface area contributed by atoms with E-state index in [1.807, 2.05) is 30.3 Å². The van der Waals surface area contributed by atoms with Gasteiger partial charge in [0.2, 0.25) is 0 Å². The number of rotatable bonds is 7. The minimum Gasteiger partial charge on any atom is -0.489 e. The van der Waals surface area contributed by atoms with Gasteiger partial charge >= 0.3 is 5.97 Å². The predicted molar refractivity (Wildman–Crippen MR) is 113 cm³/mol. The number of carbonyl (C=O) groups is 1. The summed E-state index contributed by atoms with van der Waals surface area (Å²) >= 11 is 3.53. The van der Waals surface area contributed by atoms with Crippen molar-refractivity contribution in [1.82, 2.24) is 9.55 Å². The van der Waals surface area contributed by atoms with E-state index in [-0.39, 0.29) is 23.4 Å². The SMILES string of the molecule is CCOC(=O)Cc1ccccc1OCc1cn(C2COC(Br)C2)c2ncccc12. The normalized spacial score (nSPS) is 18.8. The summed E-state index contributed by atoms with van der Waals surface area (Å²) < 4.78 is 19.0. The number of hydrogen-bond donors (Lipinski definition) is 0. The first-order valence-electron chi connectivity index (χ1n) is 9.72. The van der Waals surface area contributed by atoms with Crippen LogP contribution in [0.5, 0.6) is 5.75 Å². The number of carbonyl (C=O) groups excluding carboxylic acids is 1. The Morgan fingerprint density at radius 3 is 2.93 bits per heavy atom. The van der Waals surface area contributed by atoms with Crippen molar-refractivity contribution >= 4 is 32.9 Å². The third kappa shape index (κ3) is 4.46. The summed E-state index contributed by atoms with van der Waals surface area (Å²) in [5.41, 5.74) is 2.80. The molecule has 0 amide bonds. The molecule has 6 nitrogen and oxygen atoms in total. The fourth-order valence-electron chi connectivity index (χ4n) is 3.62. The van der Waals surface area contributed by atoms with Gasteiger partial charge in [-0.15, -0.1) is 0 Å². The van der Waals surface area contributed by atoms with Gasteiger partial charge in [-0.25, -0.2) is 4.98 Å². The number of ether oxygens (including phenoxy) is 3. The molecular formula is C22H23BrN2O4. The van der Waals surface area contributed by atoms with E-state index in [2.05, 4.69) is 37.7 Å². The molecule has 4 rings (SSSR count). The zero-order valence-electron chi connectivity index (χ0n) is 16.2. The molecule has 0 bridgehead atoms. The monoisotopic (exact) mass is 458 g/mol. The van der Waals surface area contributed by atoms with Crippen molar-refractivity contribution in [1.29, 1.82) is 0 Å². The van der Waals surface area contributed by atoms with Crippen LogP contribution in [-0.4, -0.2) is 33.7 Å². The molecule has 0 radical (unpaired) electrons. The highest BCUT2D eigenvalue weighted by Gasteiger charge is 2.27. The molecule has 0 N–H and O–H groups in total. The average molecular weight is 459 g/mol. The lowest BCUT2D eigenvalue weighted by Gasteiger charge is -2.11. The second-order valence-corrected chi connectivity index (χ2v) is 7.97. The average Bonchev–Trinajstić information content (AvgIpc) is 3.31. The van der Waals surface area contributed by atoms with Crippen molar-refractivity contribution in [2.24, 2.45) is 0 Å². The fraction of sp³-hybridized carbons (Fsp3) is 0.364. The summed E-state index contributed by atoms with van der Waals surface area (Å²) in [7, 11) is 0. The third-order valence-electron chi connectivity index (χ3n) is 4.99. The first-order chi connectivity index (χ1) is 14.2. The lowest BCUT2D eigenvalue weighted by Crippen LogP contribution is -2.09. The van der Waals surface area contributed by atoms with Crippen LogP contribution >= 0.6 is 15.9 Å². The van der Waals surface area contributed by atoms with E-state index in [0.717, 1.165) is 28.6 Å². The van der Waals surface area contributed by atoms with Crippen molar-refractivity contribution in [2.75, 3.05) is 13.2 Å². The molecule has 3 heterocycles. The van der Waals surface area contributed by atoms with E-state index in [4.69, 9.17) is 14.2 Å². The van der Waals surface area contributed by atoms with E-state index in [0.29, 0.717) is 25.6 Å². The van der Waals surface area contributed by atoms with Crippen LogP contribution in [0.4, 0.5) is 0 Å². The topological polar surface area (TPSA) is 62.6 Å². The molecule has 29 heavy (non-hydrogen) atoms. The number of benzene rings is 1. The van der Waals surface area contributed by atoms with Crippen LogP contribution < -0.4 is 4.74 Å². The molecule has 1 aliphatic rings. The second-order valence-electron chi connectivity index (χ2n) is 6.95. The van der Waals surface area contributed by atoms with Gasteiger partial charge in [0.1, 0.15) is 23.0 Å². The van der Waals surface area contributed by atoms with Crippen LogP contribution in [0, 0.1) is 0 Å². The Balaban J connectivity index is 1.56. The lowest BCUT2D eigenvalue weighted by atomic mass is 10.1. The molecule has 0 spiro atoms. The number of pyridine rings is 1. The van der Waals surface area contributed by atoms with Gasteiger partial charge in [-0.3, -0.25) is 4.79 Å². The third-order valence-corrected chi connectivity index (χ3v) is 5.63. The highest BCUT2D eigenvalue weighted by atomic mass is 79.9. The standard InChI is InChI=1S/C22H23BrN2O4/c1-2-27-21(26)10-15-6-3-4-8-19(15)28-13-16-12-25(17-11-20(23)29-14-17)22-18(16)7-5-9-24-22/h3-9,12,17,20H,2,10-11,13-14H2,1H3. The van der Waals surface area contributed by atoms with Crippen molar-refractivity contribution in [3.63, 3.8) is 0 Å². The van der Waals surface area contributed by atoms with Crippen LogP contribution in [0.1, 0.15) is 30.5 Å². The zero-order valence-corrected chi connectivity index (χ0v) is 17.8. The van der Waals surface area contributed by atoms with E-state index in [1.54, 1.807) is 13.1 Å². The maximum atomic E-state index is 11.9. The molecule has 152 valence electrons. The summed E-state index contributed by atoms with van der Waals surface area (Å²) in [6, 6.07) is 11.8. The van der Waals surface area contributed by atoms with Crippen molar-refractivity contribution in [2.45, 2.75) is 37.4 Å². The first kappa shape index (κ1) is 19.9. The quantitative estimate of drug-likeness (QED) is 0.387. The van der Waals surface area contributed by atoms with Crippen LogP contribution in [-0.2, 0) is 27.3 Å². The van der Waals surface area contributed by atoms with Crippen LogP contribution in [0.2, 0.25) is 0 Å². The molecule has 2 aromatic heterocycles. The summed E-state index contributed by atoms with van der Waals surface area (Å²) in [6.07, 6.45) is 4.99. The van der Waals surface area contributed by atoms with E-state index >= 15 is 0 Å².